The second-order valence-electron chi connectivity index (χ2n) is 6.57. The van der Waals surface area contributed by atoms with Crippen molar-refractivity contribution in [2.24, 2.45) is 0 Å². The molecule has 4 aromatic rings. The van der Waals surface area contributed by atoms with E-state index in [9.17, 15) is 4.79 Å². The molecule has 0 bridgehead atoms. The number of thiocarbonyl (C=S) groups is 1. The summed E-state index contributed by atoms with van der Waals surface area (Å²) in [5.74, 6) is 1.50. The maximum atomic E-state index is 12.4. The van der Waals surface area contributed by atoms with Crippen LogP contribution in [0.1, 0.15) is 10.4 Å². The molecule has 3 aromatic carbocycles. The van der Waals surface area contributed by atoms with Gasteiger partial charge in [0.2, 0.25) is 5.89 Å². The summed E-state index contributed by atoms with van der Waals surface area (Å²) in [5, 5.41) is 5.84. The number of hydrogen-bond donors (Lipinski definition) is 2. The largest absolute Gasteiger partial charge is 0.497 e. The third kappa shape index (κ3) is 4.65. The minimum atomic E-state index is -0.324. The van der Waals surface area contributed by atoms with Crippen molar-refractivity contribution in [2.45, 2.75) is 0 Å². The number of amides is 1. The number of carbonyl (C=O) groups excluding carboxylic acids is 1. The minimum absolute atomic E-state index is 0.189. The normalized spacial score (nSPS) is 10.5. The Balaban J connectivity index is 1.42. The standard InChI is InChI=1S/C23H19N3O4S/c1-28-17-5-3-4-15(12-17)21(27)26-23(31)24-16-8-6-14(7-9-16)22-25-19-13-18(29-2)10-11-20(19)30-22/h3-13H,1-2H3,(H2,24,26,27,31). The van der Waals surface area contributed by atoms with E-state index in [0.717, 1.165) is 22.5 Å². The summed E-state index contributed by atoms with van der Waals surface area (Å²) in [6, 6.07) is 19.7. The quantitative estimate of drug-likeness (QED) is 0.444. The van der Waals surface area contributed by atoms with E-state index in [1.807, 2.05) is 42.5 Å². The van der Waals surface area contributed by atoms with Crippen LogP contribution in [0.15, 0.2) is 71.1 Å². The number of aromatic nitrogens is 1. The van der Waals surface area contributed by atoms with Gasteiger partial charge in [0.1, 0.15) is 17.0 Å². The molecule has 0 saturated carbocycles. The van der Waals surface area contributed by atoms with Gasteiger partial charge in [0.05, 0.1) is 14.2 Å². The van der Waals surface area contributed by atoms with Gasteiger partial charge in [-0.05, 0) is 66.8 Å². The number of fused-ring (bicyclic) bond motifs is 1. The van der Waals surface area contributed by atoms with E-state index in [0.29, 0.717) is 22.8 Å². The molecule has 0 aliphatic carbocycles. The summed E-state index contributed by atoms with van der Waals surface area (Å²) in [7, 11) is 3.15. The van der Waals surface area contributed by atoms with Crippen molar-refractivity contribution in [2.75, 3.05) is 19.5 Å². The van der Waals surface area contributed by atoms with Gasteiger partial charge in [-0.2, -0.15) is 0 Å². The molecular weight excluding hydrogens is 414 g/mol. The summed E-state index contributed by atoms with van der Waals surface area (Å²) < 4.78 is 16.2. The van der Waals surface area contributed by atoms with E-state index in [4.69, 9.17) is 26.1 Å². The molecule has 7 nitrogen and oxygen atoms in total. The smallest absolute Gasteiger partial charge is 0.257 e. The van der Waals surface area contributed by atoms with Crippen LogP contribution in [0.4, 0.5) is 5.69 Å². The zero-order valence-electron chi connectivity index (χ0n) is 16.8. The fraction of sp³-hybridized carbons (Fsp3) is 0.0870. The first kappa shape index (κ1) is 20.4. The van der Waals surface area contributed by atoms with E-state index in [1.165, 1.54) is 0 Å². The average molecular weight is 433 g/mol. The Morgan fingerprint density at radius 3 is 2.45 bits per heavy atom. The van der Waals surface area contributed by atoms with E-state index in [2.05, 4.69) is 15.6 Å². The van der Waals surface area contributed by atoms with Crippen molar-refractivity contribution in [3.05, 3.63) is 72.3 Å². The lowest BCUT2D eigenvalue weighted by molar-refractivity contribution is 0.0977. The first-order chi connectivity index (χ1) is 15.1. The summed E-state index contributed by atoms with van der Waals surface area (Å²) >= 11 is 5.25. The average Bonchev–Trinajstić information content (AvgIpc) is 3.22. The van der Waals surface area contributed by atoms with Crippen molar-refractivity contribution in [1.29, 1.82) is 0 Å². The van der Waals surface area contributed by atoms with Crippen LogP contribution >= 0.6 is 12.2 Å². The van der Waals surface area contributed by atoms with E-state index >= 15 is 0 Å². The van der Waals surface area contributed by atoms with Crippen LogP contribution in [0.25, 0.3) is 22.6 Å². The fourth-order valence-electron chi connectivity index (χ4n) is 2.96. The monoisotopic (exact) mass is 433 g/mol. The Kier molecular flexibility index (Phi) is 5.81. The molecule has 4 rings (SSSR count). The molecule has 0 aliphatic heterocycles. The zero-order chi connectivity index (χ0) is 21.8. The van der Waals surface area contributed by atoms with Crippen molar-refractivity contribution < 1.29 is 18.7 Å². The minimum Gasteiger partial charge on any atom is -0.497 e. The number of carbonyl (C=O) groups is 1. The maximum Gasteiger partial charge on any atom is 0.257 e. The topological polar surface area (TPSA) is 85.6 Å². The summed E-state index contributed by atoms with van der Waals surface area (Å²) in [5.41, 5.74) is 3.38. The molecule has 0 atom stereocenters. The van der Waals surface area contributed by atoms with Crippen molar-refractivity contribution in [3.8, 4) is 23.0 Å². The molecule has 0 spiro atoms. The molecule has 8 heteroatoms. The SMILES string of the molecule is COc1cccc(C(=O)NC(=S)Nc2ccc(-c3nc4cc(OC)ccc4o3)cc2)c1. The molecule has 0 aliphatic rings. The van der Waals surface area contributed by atoms with Gasteiger partial charge in [-0.15, -0.1) is 0 Å². The first-order valence-corrected chi connectivity index (χ1v) is 9.78. The highest BCUT2D eigenvalue weighted by Crippen LogP contribution is 2.27. The molecule has 1 heterocycles. The van der Waals surface area contributed by atoms with Crippen LogP contribution in [0.3, 0.4) is 0 Å². The number of methoxy groups -OCH3 is 2. The second-order valence-corrected chi connectivity index (χ2v) is 6.98. The number of nitrogens with zero attached hydrogens (tertiary/aromatic N) is 1. The predicted octanol–water partition coefficient (Wildman–Crippen LogP) is 4.64. The molecule has 156 valence electrons. The van der Waals surface area contributed by atoms with Gasteiger partial charge in [0.25, 0.3) is 5.91 Å². The number of benzene rings is 3. The van der Waals surface area contributed by atoms with Crippen LogP contribution in [0.5, 0.6) is 11.5 Å². The van der Waals surface area contributed by atoms with Crippen molar-refractivity contribution >= 4 is 40.0 Å². The lowest BCUT2D eigenvalue weighted by atomic mass is 10.2. The second kappa shape index (κ2) is 8.85. The summed E-state index contributed by atoms with van der Waals surface area (Å²) in [4.78, 5) is 16.9. The van der Waals surface area contributed by atoms with E-state index in [1.54, 1.807) is 38.5 Å². The van der Waals surface area contributed by atoms with Gasteiger partial charge in [-0.3, -0.25) is 10.1 Å². The highest BCUT2D eigenvalue weighted by atomic mass is 32.1. The highest BCUT2D eigenvalue weighted by molar-refractivity contribution is 7.80. The third-order valence-electron chi connectivity index (χ3n) is 4.54. The van der Waals surface area contributed by atoms with Crippen LogP contribution in [0, 0.1) is 0 Å². The fourth-order valence-corrected chi connectivity index (χ4v) is 3.17. The van der Waals surface area contributed by atoms with Crippen LogP contribution in [-0.4, -0.2) is 30.2 Å². The van der Waals surface area contributed by atoms with E-state index < -0.39 is 0 Å². The van der Waals surface area contributed by atoms with Gasteiger partial charge >= 0.3 is 0 Å². The van der Waals surface area contributed by atoms with Crippen LogP contribution in [0.2, 0.25) is 0 Å². The van der Waals surface area contributed by atoms with Crippen LogP contribution < -0.4 is 20.1 Å². The van der Waals surface area contributed by atoms with Gasteiger partial charge in [0.15, 0.2) is 10.7 Å². The lowest BCUT2D eigenvalue weighted by Crippen LogP contribution is -2.34. The number of rotatable bonds is 5. The number of anilines is 1. The molecule has 0 unspecified atom stereocenters. The highest BCUT2D eigenvalue weighted by Gasteiger charge is 2.11. The van der Waals surface area contributed by atoms with Crippen molar-refractivity contribution in [1.82, 2.24) is 10.3 Å². The molecule has 31 heavy (non-hydrogen) atoms. The Labute approximate surface area is 184 Å². The van der Waals surface area contributed by atoms with Gasteiger partial charge in [0, 0.05) is 22.9 Å². The first-order valence-electron chi connectivity index (χ1n) is 9.37. The molecule has 0 saturated heterocycles. The van der Waals surface area contributed by atoms with E-state index in [-0.39, 0.29) is 11.0 Å². The summed E-state index contributed by atoms with van der Waals surface area (Å²) in [6.07, 6.45) is 0. The lowest BCUT2D eigenvalue weighted by Gasteiger charge is -2.10. The number of nitrogens with one attached hydrogen (secondary N) is 2. The number of hydrogen-bond acceptors (Lipinski definition) is 6. The van der Waals surface area contributed by atoms with Gasteiger partial charge < -0.3 is 19.2 Å². The molecule has 0 radical (unpaired) electrons. The Morgan fingerprint density at radius 2 is 1.71 bits per heavy atom. The summed E-state index contributed by atoms with van der Waals surface area (Å²) in [6.45, 7) is 0. The molecule has 1 amide bonds. The Morgan fingerprint density at radius 1 is 0.968 bits per heavy atom. The Hall–Kier alpha value is -3.91. The molecule has 2 N–H and O–H groups in total. The van der Waals surface area contributed by atoms with Gasteiger partial charge in [-0.25, -0.2) is 4.98 Å². The van der Waals surface area contributed by atoms with Gasteiger partial charge in [-0.1, -0.05) is 6.07 Å². The zero-order valence-corrected chi connectivity index (χ0v) is 17.7. The molecule has 0 fully saturated rings. The molecular formula is C23H19N3O4S. The third-order valence-corrected chi connectivity index (χ3v) is 4.75. The maximum absolute atomic E-state index is 12.4. The molecule has 1 aromatic heterocycles. The van der Waals surface area contributed by atoms with Crippen LogP contribution in [-0.2, 0) is 0 Å². The predicted molar refractivity (Wildman–Crippen MR) is 123 cm³/mol. The number of oxazole rings is 1. The van der Waals surface area contributed by atoms with Crippen molar-refractivity contribution in [3.63, 3.8) is 0 Å². The Bertz CT molecular complexity index is 1250. The number of ether oxygens (including phenoxy) is 2.